The smallest absolute Gasteiger partial charge is 0.330 e. The molecule has 0 aliphatic carbocycles. The number of aliphatic carboxylic acids is 1. The van der Waals surface area contributed by atoms with Crippen molar-refractivity contribution < 1.29 is 27.5 Å². The Morgan fingerprint density at radius 3 is 2.73 bits per heavy atom. The van der Waals surface area contributed by atoms with Crippen molar-refractivity contribution in [1.82, 2.24) is 10.0 Å². The number of sulfonamides is 1. The second kappa shape index (κ2) is 6.31. The molecule has 1 amide bonds. The van der Waals surface area contributed by atoms with Crippen LogP contribution in [0.3, 0.4) is 0 Å². The summed E-state index contributed by atoms with van der Waals surface area (Å²) < 4.78 is 29.5. The summed E-state index contributed by atoms with van der Waals surface area (Å²) in [6.45, 7) is -0.0773. The maximum Gasteiger partial charge on any atom is 0.330 e. The van der Waals surface area contributed by atoms with Crippen LogP contribution in [0.4, 0.5) is 0 Å². The zero-order valence-corrected chi connectivity index (χ0v) is 13.4. The lowest BCUT2D eigenvalue weighted by molar-refractivity contribution is -0.143. The van der Waals surface area contributed by atoms with Crippen LogP contribution in [0.25, 0.3) is 0 Å². The standard InChI is InChI=1S/C12H16N2O6S2/c1-22(18,19)13-6-8-2-3-9(20-8)10(15)14-12(11(16)17)4-5-21-7-12/h2-3,13H,4-7H2,1H3,(H,14,15)(H,16,17). The van der Waals surface area contributed by atoms with Gasteiger partial charge in [0.25, 0.3) is 5.91 Å². The van der Waals surface area contributed by atoms with Gasteiger partial charge in [0.15, 0.2) is 5.76 Å². The highest BCUT2D eigenvalue weighted by atomic mass is 32.2. The number of carboxylic acids is 1. The number of carbonyl (C=O) groups excluding carboxylic acids is 1. The second-order valence-corrected chi connectivity index (χ2v) is 7.94. The Morgan fingerprint density at radius 2 is 2.18 bits per heavy atom. The van der Waals surface area contributed by atoms with E-state index < -0.39 is 27.4 Å². The number of carbonyl (C=O) groups is 2. The van der Waals surface area contributed by atoms with Gasteiger partial charge in [-0.1, -0.05) is 0 Å². The van der Waals surface area contributed by atoms with Gasteiger partial charge in [-0.05, 0) is 24.3 Å². The molecule has 0 aromatic carbocycles. The van der Waals surface area contributed by atoms with Gasteiger partial charge in [-0.2, -0.15) is 11.8 Å². The molecule has 0 saturated carbocycles. The Hall–Kier alpha value is -1.52. The zero-order valence-electron chi connectivity index (χ0n) is 11.8. The number of hydrogen-bond donors (Lipinski definition) is 3. The highest BCUT2D eigenvalue weighted by Gasteiger charge is 2.43. The van der Waals surface area contributed by atoms with Crippen molar-refractivity contribution in [3.63, 3.8) is 0 Å². The molecule has 3 N–H and O–H groups in total. The minimum Gasteiger partial charge on any atom is -0.479 e. The topological polar surface area (TPSA) is 126 Å². The molecular weight excluding hydrogens is 332 g/mol. The van der Waals surface area contributed by atoms with E-state index >= 15 is 0 Å². The van der Waals surface area contributed by atoms with Crippen molar-refractivity contribution in [2.24, 2.45) is 0 Å². The van der Waals surface area contributed by atoms with Crippen LogP contribution in [0.5, 0.6) is 0 Å². The molecule has 1 saturated heterocycles. The average molecular weight is 348 g/mol. The van der Waals surface area contributed by atoms with Gasteiger partial charge < -0.3 is 14.8 Å². The summed E-state index contributed by atoms with van der Waals surface area (Å²) >= 11 is 1.46. The lowest BCUT2D eigenvalue weighted by atomic mass is 9.99. The summed E-state index contributed by atoms with van der Waals surface area (Å²) in [5.41, 5.74) is -1.28. The molecule has 2 rings (SSSR count). The first-order chi connectivity index (χ1) is 10.2. The highest BCUT2D eigenvalue weighted by molar-refractivity contribution is 7.99. The lowest BCUT2D eigenvalue weighted by Gasteiger charge is -2.23. The van der Waals surface area contributed by atoms with E-state index in [1.807, 2.05) is 0 Å². The van der Waals surface area contributed by atoms with Crippen LogP contribution in [0.2, 0.25) is 0 Å². The van der Waals surface area contributed by atoms with E-state index in [1.165, 1.54) is 23.9 Å². The molecule has 0 spiro atoms. The third kappa shape index (κ3) is 4.02. The molecule has 1 aromatic rings. The van der Waals surface area contributed by atoms with E-state index in [0.29, 0.717) is 17.9 Å². The summed E-state index contributed by atoms with van der Waals surface area (Å²) in [5, 5.41) is 11.8. The van der Waals surface area contributed by atoms with Crippen molar-refractivity contribution in [3.05, 3.63) is 23.7 Å². The van der Waals surface area contributed by atoms with Crippen LogP contribution in [0.15, 0.2) is 16.5 Å². The average Bonchev–Trinajstić information content (AvgIpc) is 3.04. The quantitative estimate of drug-likeness (QED) is 0.661. The van der Waals surface area contributed by atoms with E-state index in [0.717, 1.165) is 6.26 Å². The number of furan rings is 1. The molecule has 1 aromatic heterocycles. The SMILES string of the molecule is CS(=O)(=O)NCc1ccc(C(=O)NC2(C(=O)O)CCSC2)o1. The molecule has 10 heteroatoms. The zero-order chi connectivity index (χ0) is 16.4. The Balaban J connectivity index is 2.04. The first kappa shape index (κ1) is 16.8. The largest absolute Gasteiger partial charge is 0.479 e. The van der Waals surface area contributed by atoms with E-state index in [4.69, 9.17) is 4.42 Å². The Kier molecular flexibility index (Phi) is 4.83. The molecule has 1 atom stereocenters. The van der Waals surface area contributed by atoms with Gasteiger partial charge >= 0.3 is 5.97 Å². The van der Waals surface area contributed by atoms with Crippen LogP contribution in [-0.2, 0) is 21.4 Å². The number of rotatable bonds is 6. The normalized spacial score (nSPS) is 21.7. The predicted molar refractivity (Wildman–Crippen MR) is 80.2 cm³/mol. The minimum absolute atomic E-state index is 0.0529. The second-order valence-electron chi connectivity index (χ2n) is 5.00. The third-order valence-corrected chi connectivity index (χ3v) is 5.04. The van der Waals surface area contributed by atoms with Crippen molar-refractivity contribution in [1.29, 1.82) is 0 Å². The monoisotopic (exact) mass is 348 g/mol. The fourth-order valence-electron chi connectivity index (χ4n) is 1.96. The molecule has 8 nitrogen and oxygen atoms in total. The summed E-state index contributed by atoms with van der Waals surface area (Å²) in [6.07, 6.45) is 1.36. The molecule has 2 heterocycles. The first-order valence-corrected chi connectivity index (χ1v) is 9.43. The van der Waals surface area contributed by atoms with E-state index in [-0.39, 0.29) is 18.1 Å². The van der Waals surface area contributed by atoms with Crippen LogP contribution in [-0.4, -0.2) is 48.7 Å². The van der Waals surface area contributed by atoms with E-state index in [2.05, 4.69) is 10.0 Å². The fourth-order valence-corrected chi connectivity index (χ4v) is 3.69. The Bertz CT molecular complexity index is 676. The molecule has 0 radical (unpaired) electrons. The lowest BCUT2D eigenvalue weighted by Crippen LogP contribution is -2.54. The fraction of sp³-hybridized carbons (Fsp3) is 0.500. The molecular formula is C12H16N2O6S2. The van der Waals surface area contributed by atoms with Crippen LogP contribution < -0.4 is 10.0 Å². The molecule has 1 unspecified atom stereocenters. The van der Waals surface area contributed by atoms with Gasteiger partial charge in [-0.15, -0.1) is 0 Å². The van der Waals surface area contributed by atoms with Gasteiger partial charge in [-0.3, -0.25) is 4.79 Å². The van der Waals surface area contributed by atoms with Crippen LogP contribution >= 0.6 is 11.8 Å². The minimum atomic E-state index is -3.36. The van der Waals surface area contributed by atoms with Crippen LogP contribution in [0.1, 0.15) is 22.7 Å². The Morgan fingerprint density at radius 1 is 1.45 bits per heavy atom. The first-order valence-electron chi connectivity index (χ1n) is 6.39. The highest BCUT2D eigenvalue weighted by Crippen LogP contribution is 2.28. The summed E-state index contributed by atoms with van der Waals surface area (Å²) in [6, 6.07) is 2.84. The summed E-state index contributed by atoms with van der Waals surface area (Å²) in [7, 11) is -3.36. The van der Waals surface area contributed by atoms with Crippen LogP contribution in [0, 0.1) is 0 Å². The van der Waals surface area contributed by atoms with Gasteiger partial charge in [-0.25, -0.2) is 17.9 Å². The maximum atomic E-state index is 12.1. The number of hydrogen-bond acceptors (Lipinski definition) is 6. The van der Waals surface area contributed by atoms with Crippen molar-refractivity contribution in [2.45, 2.75) is 18.5 Å². The maximum absolute atomic E-state index is 12.1. The molecule has 22 heavy (non-hydrogen) atoms. The number of thioether (sulfide) groups is 1. The van der Waals surface area contributed by atoms with Gasteiger partial charge in [0, 0.05) is 5.75 Å². The molecule has 1 fully saturated rings. The summed E-state index contributed by atoms with van der Waals surface area (Å²) in [5.74, 6) is -0.526. The third-order valence-electron chi connectivity index (χ3n) is 3.18. The molecule has 1 aliphatic rings. The van der Waals surface area contributed by atoms with Gasteiger partial charge in [0.1, 0.15) is 11.3 Å². The predicted octanol–water partition coefficient (Wildman–Crippen LogP) is 0.0189. The molecule has 0 bridgehead atoms. The Labute approximate surface area is 131 Å². The van der Waals surface area contributed by atoms with Crippen molar-refractivity contribution >= 4 is 33.7 Å². The number of carboxylic acid groups (broad SMARTS) is 1. The number of amides is 1. The van der Waals surface area contributed by atoms with Gasteiger partial charge in [0.2, 0.25) is 10.0 Å². The van der Waals surface area contributed by atoms with Crippen molar-refractivity contribution in [2.75, 3.05) is 17.8 Å². The molecule has 1 aliphatic heterocycles. The van der Waals surface area contributed by atoms with E-state index in [9.17, 15) is 23.1 Å². The number of nitrogens with one attached hydrogen (secondary N) is 2. The molecule has 122 valence electrons. The van der Waals surface area contributed by atoms with Gasteiger partial charge in [0.05, 0.1) is 12.8 Å². The summed E-state index contributed by atoms with van der Waals surface area (Å²) in [4.78, 5) is 23.5. The van der Waals surface area contributed by atoms with Crippen molar-refractivity contribution in [3.8, 4) is 0 Å². The van der Waals surface area contributed by atoms with E-state index in [1.54, 1.807) is 0 Å².